The molecule has 0 amide bonds. The van der Waals surface area contributed by atoms with Crippen molar-refractivity contribution in [2.45, 2.75) is 6.54 Å². The summed E-state index contributed by atoms with van der Waals surface area (Å²) in [6.07, 6.45) is 0. The van der Waals surface area contributed by atoms with Gasteiger partial charge in [0.25, 0.3) is 0 Å². The van der Waals surface area contributed by atoms with Crippen LogP contribution in [-0.2, 0) is 6.54 Å². The average molecular weight is 457 g/mol. The second-order valence-electron chi connectivity index (χ2n) is 6.27. The normalized spacial score (nSPS) is 10.9. The molecule has 1 aromatic heterocycles. The highest BCUT2D eigenvalue weighted by Gasteiger charge is 2.25. The van der Waals surface area contributed by atoms with Crippen molar-refractivity contribution in [2.75, 3.05) is 0 Å². The molecule has 1 N–H and O–H groups in total. The van der Waals surface area contributed by atoms with Gasteiger partial charge in [0.2, 0.25) is 0 Å². The molecule has 4 rings (SSSR count). The SMILES string of the molecule is O=C(O)c1c(Oc2ccccc2)c2cc(Br)ccc2n1Cc1ccc(Cl)cc1. The number of para-hydroxylation sites is 1. The van der Waals surface area contributed by atoms with E-state index in [2.05, 4.69) is 15.9 Å². The quantitative estimate of drug-likeness (QED) is 0.368. The van der Waals surface area contributed by atoms with Crippen LogP contribution in [0.5, 0.6) is 11.5 Å². The summed E-state index contributed by atoms with van der Waals surface area (Å²) in [5, 5.41) is 11.3. The minimum atomic E-state index is -1.05. The van der Waals surface area contributed by atoms with E-state index >= 15 is 0 Å². The van der Waals surface area contributed by atoms with Crippen LogP contribution in [0.15, 0.2) is 77.3 Å². The van der Waals surface area contributed by atoms with Crippen molar-refractivity contribution in [3.63, 3.8) is 0 Å². The minimum Gasteiger partial charge on any atom is -0.476 e. The van der Waals surface area contributed by atoms with Gasteiger partial charge in [-0.2, -0.15) is 0 Å². The molecule has 0 aliphatic heterocycles. The molecule has 1 heterocycles. The molecule has 0 spiro atoms. The first-order valence-corrected chi connectivity index (χ1v) is 9.72. The van der Waals surface area contributed by atoms with Crippen molar-refractivity contribution in [2.24, 2.45) is 0 Å². The molecular weight excluding hydrogens is 442 g/mol. The van der Waals surface area contributed by atoms with E-state index in [4.69, 9.17) is 16.3 Å². The van der Waals surface area contributed by atoms with Gasteiger partial charge in [0.15, 0.2) is 11.4 Å². The Hall–Kier alpha value is -2.76. The van der Waals surface area contributed by atoms with E-state index in [1.54, 1.807) is 28.8 Å². The van der Waals surface area contributed by atoms with Gasteiger partial charge in [0.1, 0.15) is 5.75 Å². The first kappa shape index (κ1) is 18.6. The number of hydrogen-bond acceptors (Lipinski definition) is 2. The Balaban J connectivity index is 1.91. The second kappa shape index (κ2) is 7.70. The molecule has 6 heteroatoms. The highest BCUT2D eigenvalue weighted by molar-refractivity contribution is 9.10. The van der Waals surface area contributed by atoms with Gasteiger partial charge in [-0.05, 0) is 48.0 Å². The van der Waals surface area contributed by atoms with Gasteiger partial charge in [-0.15, -0.1) is 0 Å². The number of aromatic carboxylic acids is 1. The van der Waals surface area contributed by atoms with Crippen LogP contribution in [-0.4, -0.2) is 15.6 Å². The molecule has 0 fully saturated rings. The summed E-state index contributed by atoms with van der Waals surface area (Å²) in [6, 6.07) is 22.2. The Morgan fingerprint density at radius 2 is 1.75 bits per heavy atom. The third-order valence-electron chi connectivity index (χ3n) is 4.40. The highest BCUT2D eigenvalue weighted by Crippen LogP contribution is 2.38. The lowest BCUT2D eigenvalue weighted by molar-refractivity contribution is 0.0683. The molecular formula is C22H15BrClNO3. The number of halogens is 2. The van der Waals surface area contributed by atoms with Gasteiger partial charge in [0.05, 0.1) is 5.52 Å². The first-order valence-electron chi connectivity index (χ1n) is 8.55. The Bertz CT molecular complexity index is 1150. The smallest absolute Gasteiger partial charge is 0.356 e. The van der Waals surface area contributed by atoms with Crippen LogP contribution in [0.1, 0.15) is 16.1 Å². The van der Waals surface area contributed by atoms with Crippen LogP contribution in [0.4, 0.5) is 0 Å². The molecule has 140 valence electrons. The van der Waals surface area contributed by atoms with Crippen molar-refractivity contribution >= 4 is 44.4 Å². The third-order valence-corrected chi connectivity index (χ3v) is 5.14. The fourth-order valence-corrected chi connectivity index (χ4v) is 3.64. The van der Waals surface area contributed by atoms with Gasteiger partial charge in [0, 0.05) is 21.4 Å². The number of fused-ring (bicyclic) bond motifs is 1. The van der Waals surface area contributed by atoms with Crippen molar-refractivity contribution in [1.82, 2.24) is 4.57 Å². The Morgan fingerprint density at radius 3 is 2.43 bits per heavy atom. The molecule has 4 nitrogen and oxygen atoms in total. The molecule has 0 radical (unpaired) electrons. The molecule has 0 aliphatic rings. The predicted molar refractivity (Wildman–Crippen MR) is 114 cm³/mol. The van der Waals surface area contributed by atoms with Crippen LogP contribution in [0, 0.1) is 0 Å². The molecule has 0 saturated carbocycles. The molecule has 0 aliphatic carbocycles. The number of carboxylic acid groups (broad SMARTS) is 1. The molecule has 0 bridgehead atoms. The number of carboxylic acids is 1. The monoisotopic (exact) mass is 455 g/mol. The van der Waals surface area contributed by atoms with Crippen molar-refractivity contribution in [3.8, 4) is 11.5 Å². The van der Waals surface area contributed by atoms with E-state index in [1.165, 1.54) is 0 Å². The van der Waals surface area contributed by atoms with E-state index in [0.717, 1.165) is 20.9 Å². The molecule has 3 aromatic carbocycles. The lowest BCUT2D eigenvalue weighted by Gasteiger charge is -2.10. The Morgan fingerprint density at radius 1 is 1.04 bits per heavy atom. The standard InChI is InChI=1S/C22H15BrClNO3/c23-15-8-11-19-18(12-15)21(28-17-4-2-1-3-5-17)20(22(26)27)25(19)13-14-6-9-16(24)10-7-14/h1-12H,13H2,(H,26,27). The number of carbonyl (C=O) groups is 1. The van der Waals surface area contributed by atoms with E-state index in [-0.39, 0.29) is 5.69 Å². The maximum absolute atomic E-state index is 12.2. The fraction of sp³-hybridized carbons (Fsp3) is 0.0455. The molecule has 0 atom stereocenters. The van der Waals surface area contributed by atoms with E-state index in [0.29, 0.717) is 23.1 Å². The lowest BCUT2D eigenvalue weighted by Crippen LogP contribution is -2.10. The number of hydrogen-bond donors (Lipinski definition) is 1. The Labute approximate surface area is 175 Å². The zero-order valence-corrected chi connectivity index (χ0v) is 16.9. The maximum Gasteiger partial charge on any atom is 0.356 e. The van der Waals surface area contributed by atoms with Crippen molar-refractivity contribution < 1.29 is 14.6 Å². The Kier molecular flexibility index (Phi) is 5.11. The van der Waals surface area contributed by atoms with Crippen molar-refractivity contribution in [1.29, 1.82) is 0 Å². The van der Waals surface area contributed by atoms with Crippen LogP contribution < -0.4 is 4.74 Å². The number of benzene rings is 3. The summed E-state index contributed by atoms with van der Waals surface area (Å²) in [4.78, 5) is 12.2. The van der Waals surface area contributed by atoms with Crippen LogP contribution in [0.3, 0.4) is 0 Å². The van der Waals surface area contributed by atoms with E-state index in [9.17, 15) is 9.90 Å². The summed E-state index contributed by atoms with van der Waals surface area (Å²) in [5.74, 6) is -0.147. The van der Waals surface area contributed by atoms with Crippen molar-refractivity contribution in [3.05, 3.63) is 93.5 Å². The van der Waals surface area contributed by atoms with Gasteiger partial charge >= 0.3 is 5.97 Å². The number of ether oxygens (including phenoxy) is 1. The van der Waals surface area contributed by atoms with Crippen LogP contribution in [0.25, 0.3) is 10.9 Å². The summed E-state index contributed by atoms with van der Waals surface area (Å²) in [5.41, 5.74) is 1.83. The zero-order valence-electron chi connectivity index (χ0n) is 14.6. The number of rotatable bonds is 5. The summed E-state index contributed by atoms with van der Waals surface area (Å²) < 4.78 is 8.63. The second-order valence-corrected chi connectivity index (χ2v) is 7.62. The molecule has 28 heavy (non-hydrogen) atoms. The molecule has 4 aromatic rings. The third kappa shape index (κ3) is 3.63. The molecule has 0 saturated heterocycles. The average Bonchev–Trinajstić information content (AvgIpc) is 2.97. The largest absolute Gasteiger partial charge is 0.476 e. The van der Waals surface area contributed by atoms with E-state index < -0.39 is 5.97 Å². The van der Waals surface area contributed by atoms with Gasteiger partial charge in [-0.25, -0.2) is 4.79 Å². The maximum atomic E-state index is 12.2. The van der Waals surface area contributed by atoms with Gasteiger partial charge in [-0.1, -0.05) is 57.9 Å². The first-order chi connectivity index (χ1) is 13.5. The minimum absolute atomic E-state index is 0.104. The topological polar surface area (TPSA) is 51.5 Å². The summed E-state index contributed by atoms with van der Waals surface area (Å²) >= 11 is 9.45. The predicted octanol–water partition coefficient (Wildman–Crippen LogP) is 6.60. The summed E-state index contributed by atoms with van der Waals surface area (Å²) in [7, 11) is 0. The number of nitrogens with zero attached hydrogens (tertiary/aromatic N) is 1. The van der Waals surface area contributed by atoms with Gasteiger partial charge in [-0.3, -0.25) is 0 Å². The highest BCUT2D eigenvalue weighted by atomic mass is 79.9. The van der Waals surface area contributed by atoms with Crippen LogP contribution >= 0.6 is 27.5 Å². The zero-order chi connectivity index (χ0) is 19.7. The summed E-state index contributed by atoms with van der Waals surface area (Å²) in [6.45, 7) is 0.384. The van der Waals surface area contributed by atoms with E-state index in [1.807, 2.05) is 48.5 Å². The van der Waals surface area contributed by atoms with Gasteiger partial charge < -0.3 is 14.4 Å². The molecule has 0 unspecified atom stereocenters. The fourth-order valence-electron chi connectivity index (χ4n) is 3.15. The van der Waals surface area contributed by atoms with Crippen LogP contribution in [0.2, 0.25) is 5.02 Å². The number of aromatic nitrogens is 1. The lowest BCUT2D eigenvalue weighted by atomic mass is 10.2.